The second kappa shape index (κ2) is 5.27. The molecule has 6 heteroatoms. The van der Waals surface area contributed by atoms with Crippen molar-refractivity contribution in [2.45, 2.75) is 20.8 Å². The summed E-state index contributed by atoms with van der Waals surface area (Å²) in [5.41, 5.74) is 10.1. The van der Waals surface area contributed by atoms with Crippen LogP contribution in [-0.2, 0) is 0 Å². The van der Waals surface area contributed by atoms with Crippen LogP contribution in [-0.4, -0.2) is 10.1 Å². The van der Waals surface area contributed by atoms with E-state index in [1.54, 1.807) is 0 Å². The molecule has 21 heavy (non-hydrogen) atoms. The van der Waals surface area contributed by atoms with E-state index in [1.807, 2.05) is 39.0 Å². The molecule has 0 atom stereocenters. The summed E-state index contributed by atoms with van der Waals surface area (Å²) in [5.74, 6) is 1.11. The standard InChI is InChI=1S/C15H14BrN3OS/c1-7-4-10(5-8(2)12(7)16)14-18-15(20-19-14)13-9(3)6-11(17)21-13/h4-6H,17H2,1-3H3. The Morgan fingerprint density at radius 3 is 2.33 bits per heavy atom. The lowest BCUT2D eigenvalue weighted by Gasteiger charge is -2.04. The van der Waals surface area contributed by atoms with Gasteiger partial charge < -0.3 is 10.3 Å². The van der Waals surface area contributed by atoms with Crippen LogP contribution in [0.15, 0.2) is 27.2 Å². The zero-order valence-electron chi connectivity index (χ0n) is 11.9. The molecule has 0 unspecified atom stereocenters. The van der Waals surface area contributed by atoms with Gasteiger partial charge in [-0.2, -0.15) is 4.98 Å². The van der Waals surface area contributed by atoms with Gasteiger partial charge in [0.1, 0.15) is 0 Å². The minimum Gasteiger partial charge on any atom is -0.391 e. The molecule has 0 saturated heterocycles. The first kappa shape index (κ1) is 14.3. The fraction of sp³-hybridized carbons (Fsp3) is 0.200. The highest BCUT2D eigenvalue weighted by Gasteiger charge is 2.16. The number of aryl methyl sites for hydroxylation is 3. The second-order valence-electron chi connectivity index (χ2n) is 5.01. The van der Waals surface area contributed by atoms with Gasteiger partial charge in [0.15, 0.2) is 0 Å². The SMILES string of the molecule is Cc1cc(N)sc1-c1nc(-c2cc(C)c(Br)c(C)c2)no1. The molecule has 0 spiro atoms. The van der Waals surface area contributed by atoms with E-state index in [9.17, 15) is 0 Å². The van der Waals surface area contributed by atoms with E-state index in [0.29, 0.717) is 11.7 Å². The Hall–Kier alpha value is -1.66. The molecule has 1 aromatic carbocycles. The molecule has 0 radical (unpaired) electrons. The van der Waals surface area contributed by atoms with Crippen LogP contribution < -0.4 is 5.73 Å². The van der Waals surface area contributed by atoms with Crippen LogP contribution in [0, 0.1) is 20.8 Å². The quantitative estimate of drug-likeness (QED) is 0.714. The van der Waals surface area contributed by atoms with Crippen molar-refractivity contribution in [1.29, 1.82) is 0 Å². The molecule has 0 saturated carbocycles. The number of nitrogens with two attached hydrogens (primary N) is 1. The van der Waals surface area contributed by atoms with Gasteiger partial charge in [0.2, 0.25) is 5.82 Å². The van der Waals surface area contributed by atoms with Crippen LogP contribution >= 0.6 is 27.3 Å². The van der Waals surface area contributed by atoms with Gasteiger partial charge in [0.05, 0.1) is 9.88 Å². The average Bonchev–Trinajstić information content (AvgIpc) is 3.02. The minimum atomic E-state index is 0.516. The number of nitrogens with zero attached hydrogens (tertiary/aromatic N) is 2. The van der Waals surface area contributed by atoms with Gasteiger partial charge in [0, 0.05) is 10.0 Å². The van der Waals surface area contributed by atoms with Gasteiger partial charge in [-0.25, -0.2) is 0 Å². The number of hydrogen-bond acceptors (Lipinski definition) is 5. The van der Waals surface area contributed by atoms with Crippen LogP contribution in [0.25, 0.3) is 22.2 Å². The Balaban J connectivity index is 2.04. The topological polar surface area (TPSA) is 64.9 Å². The maximum Gasteiger partial charge on any atom is 0.268 e. The van der Waals surface area contributed by atoms with Gasteiger partial charge in [-0.3, -0.25) is 0 Å². The van der Waals surface area contributed by atoms with Crippen molar-refractivity contribution in [3.63, 3.8) is 0 Å². The highest BCUT2D eigenvalue weighted by atomic mass is 79.9. The number of halogens is 1. The third-order valence-corrected chi connectivity index (χ3v) is 5.56. The minimum absolute atomic E-state index is 0.516. The molecule has 0 aliphatic heterocycles. The third kappa shape index (κ3) is 2.61. The van der Waals surface area contributed by atoms with E-state index in [1.165, 1.54) is 11.3 Å². The summed E-state index contributed by atoms with van der Waals surface area (Å²) < 4.78 is 6.50. The van der Waals surface area contributed by atoms with E-state index in [4.69, 9.17) is 10.3 Å². The molecule has 0 fully saturated rings. The summed E-state index contributed by atoms with van der Waals surface area (Å²) in [6.45, 7) is 6.08. The molecular formula is C15H14BrN3OS. The Morgan fingerprint density at radius 1 is 1.10 bits per heavy atom. The van der Waals surface area contributed by atoms with Crippen molar-refractivity contribution in [1.82, 2.24) is 10.1 Å². The number of anilines is 1. The van der Waals surface area contributed by atoms with Gasteiger partial charge in [0.25, 0.3) is 5.89 Å². The Kier molecular flexibility index (Phi) is 3.59. The summed E-state index contributed by atoms with van der Waals surface area (Å²) in [5, 5.41) is 4.84. The van der Waals surface area contributed by atoms with E-state index in [2.05, 4.69) is 26.1 Å². The monoisotopic (exact) mass is 363 g/mol. The van der Waals surface area contributed by atoms with Gasteiger partial charge in [-0.05, 0) is 55.7 Å². The lowest BCUT2D eigenvalue weighted by Crippen LogP contribution is -1.87. The van der Waals surface area contributed by atoms with Crippen LogP contribution in [0.5, 0.6) is 0 Å². The molecule has 2 aromatic heterocycles. The Labute approximate surface area is 135 Å². The summed E-state index contributed by atoms with van der Waals surface area (Å²) in [6.07, 6.45) is 0. The summed E-state index contributed by atoms with van der Waals surface area (Å²) in [7, 11) is 0. The molecule has 108 valence electrons. The average molecular weight is 364 g/mol. The maximum atomic E-state index is 5.81. The fourth-order valence-electron chi connectivity index (χ4n) is 2.23. The lowest BCUT2D eigenvalue weighted by molar-refractivity contribution is 0.433. The van der Waals surface area contributed by atoms with Crippen molar-refractivity contribution >= 4 is 32.3 Å². The van der Waals surface area contributed by atoms with E-state index in [0.717, 1.165) is 36.6 Å². The first-order chi connectivity index (χ1) is 9.95. The van der Waals surface area contributed by atoms with Crippen LogP contribution in [0.1, 0.15) is 16.7 Å². The zero-order valence-corrected chi connectivity index (χ0v) is 14.3. The lowest BCUT2D eigenvalue weighted by atomic mass is 10.1. The van der Waals surface area contributed by atoms with Crippen LogP contribution in [0.4, 0.5) is 5.00 Å². The third-order valence-electron chi connectivity index (χ3n) is 3.25. The normalized spacial score (nSPS) is 11.0. The predicted octanol–water partition coefficient (Wildman–Crippen LogP) is 4.74. The molecular weight excluding hydrogens is 350 g/mol. The first-order valence-corrected chi connectivity index (χ1v) is 8.03. The largest absolute Gasteiger partial charge is 0.391 e. The molecule has 2 heterocycles. The number of benzene rings is 1. The molecule has 0 aliphatic rings. The van der Waals surface area contributed by atoms with Crippen molar-refractivity contribution < 1.29 is 4.52 Å². The fourth-order valence-corrected chi connectivity index (χ4v) is 3.32. The molecule has 4 nitrogen and oxygen atoms in total. The van der Waals surface area contributed by atoms with Crippen molar-refractivity contribution in [2.75, 3.05) is 5.73 Å². The summed E-state index contributed by atoms with van der Waals surface area (Å²) in [6, 6.07) is 6.00. The predicted molar refractivity (Wildman–Crippen MR) is 89.4 cm³/mol. The van der Waals surface area contributed by atoms with E-state index >= 15 is 0 Å². The summed E-state index contributed by atoms with van der Waals surface area (Å²) >= 11 is 5.02. The van der Waals surface area contributed by atoms with Crippen molar-refractivity contribution in [3.8, 4) is 22.2 Å². The maximum absolute atomic E-state index is 5.81. The summed E-state index contributed by atoms with van der Waals surface area (Å²) in [4.78, 5) is 5.43. The Bertz CT molecular complexity index is 799. The number of rotatable bonds is 2. The molecule has 0 bridgehead atoms. The zero-order chi connectivity index (χ0) is 15.1. The molecule has 0 aliphatic carbocycles. The highest BCUT2D eigenvalue weighted by molar-refractivity contribution is 9.10. The number of thiophene rings is 1. The number of aromatic nitrogens is 2. The van der Waals surface area contributed by atoms with Crippen molar-refractivity contribution in [3.05, 3.63) is 39.4 Å². The molecule has 3 aromatic rings. The van der Waals surface area contributed by atoms with Gasteiger partial charge >= 0.3 is 0 Å². The van der Waals surface area contributed by atoms with Gasteiger partial charge in [-0.15, -0.1) is 11.3 Å². The number of hydrogen-bond donors (Lipinski definition) is 1. The molecule has 3 rings (SSSR count). The molecule has 0 amide bonds. The van der Waals surface area contributed by atoms with Crippen LogP contribution in [0.3, 0.4) is 0 Å². The smallest absolute Gasteiger partial charge is 0.268 e. The Morgan fingerprint density at radius 2 is 1.76 bits per heavy atom. The molecule has 2 N–H and O–H groups in total. The number of nitrogen functional groups attached to an aromatic ring is 1. The van der Waals surface area contributed by atoms with Crippen molar-refractivity contribution in [2.24, 2.45) is 0 Å². The van der Waals surface area contributed by atoms with Gasteiger partial charge in [-0.1, -0.05) is 21.1 Å². The second-order valence-corrected chi connectivity index (χ2v) is 6.88. The van der Waals surface area contributed by atoms with E-state index < -0.39 is 0 Å². The first-order valence-electron chi connectivity index (χ1n) is 6.43. The highest BCUT2D eigenvalue weighted by Crippen LogP contribution is 2.34. The van der Waals surface area contributed by atoms with Crippen LogP contribution in [0.2, 0.25) is 0 Å². The van der Waals surface area contributed by atoms with E-state index in [-0.39, 0.29) is 0 Å².